The van der Waals surface area contributed by atoms with Crippen molar-refractivity contribution in [3.8, 4) is 5.75 Å². The van der Waals surface area contributed by atoms with Gasteiger partial charge in [0.25, 0.3) is 5.91 Å². The van der Waals surface area contributed by atoms with Crippen LogP contribution in [0.4, 0.5) is 5.69 Å². The molecule has 0 radical (unpaired) electrons. The van der Waals surface area contributed by atoms with Crippen molar-refractivity contribution in [2.45, 2.75) is 25.4 Å². The lowest BCUT2D eigenvalue weighted by molar-refractivity contribution is -0.148. The first-order valence-electron chi connectivity index (χ1n) is 7.94. The molecule has 0 bridgehead atoms. The van der Waals surface area contributed by atoms with Crippen molar-refractivity contribution < 1.29 is 19.1 Å². The Morgan fingerprint density at radius 3 is 2.92 bits per heavy atom. The molecule has 2 aromatic rings. The molecule has 1 amide bonds. The number of thiophene rings is 1. The van der Waals surface area contributed by atoms with Crippen LogP contribution in [-0.2, 0) is 22.4 Å². The molecule has 24 heavy (non-hydrogen) atoms. The summed E-state index contributed by atoms with van der Waals surface area (Å²) in [6.45, 7) is 0.158. The van der Waals surface area contributed by atoms with Crippen LogP contribution in [0.3, 0.4) is 0 Å². The molecule has 2 aliphatic rings. The highest BCUT2D eigenvalue weighted by atomic mass is 32.1. The largest absolute Gasteiger partial charge is 0.475 e. The van der Waals surface area contributed by atoms with Crippen molar-refractivity contribution >= 4 is 28.9 Å². The number of hydrogen-bond donors (Lipinski definition) is 0. The standard InChI is InChI=1S/C18H17NO4S/c1-22-18(21)14-10-19(12-6-2-3-7-13(12)23-14)17(20)16-9-11-5-4-8-15(11)24-16/h2-3,6-7,9,14H,4-5,8,10H2,1H3/t14-/m1/s1. The molecule has 0 saturated heterocycles. The number of benzene rings is 1. The molecule has 0 N–H and O–H groups in total. The number of carbonyl (C=O) groups excluding carboxylic acids is 2. The number of anilines is 1. The summed E-state index contributed by atoms with van der Waals surface area (Å²) in [5.41, 5.74) is 1.98. The Kier molecular flexibility index (Phi) is 3.76. The fraction of sp³-hybridized carbons (Fsp3) is 0.333. The van der Waals surface area contributed by atoms with E-state index in [9.17, 15) is 9.59 Å². The molecule has 6 heteroatoms. The van der Waals surface area contributed by atoms with Crippen molar-refractivity contribution in [2.24, 2.45) is 0 Å². The monoisotopic (exact) mass is 343 g/mol. The summed E-state index contributed by atoms with van der Waals surface area (Å²) < 4.78 is 10.5. The van der Waals surface area contributed by atoms with Crippen LogP contribution in [0.2, 0.25) is 0 Å². The van der Waals surface area contributed by atoms with E-state index < -0.39 is 12.1 Å². The van der Waals surface area contributed by atoms with E-state index >= 15 is 0 Å². The normalized spacial score (nSPS) is 18.5. The van der Waals surface area contributed by atoms with Gasteiger partial charge in [0.2, 0.25) is 6.10 Å². The molecule has 1 atom stereocenters. The lowest BCUT2D eigenvalue weighted by Gasteiger charge is -2.33. The number of fused-ring (bicyclic) bond motifs is 2. The van der Waals surface area contributed by atoms with Crippen LogP contribution >= 0.6 is 11.3 Å². The minimum Gasteiger partial charge on any atom is -0.475 e. The number of nitrogens with zero attached hydrogens (tertiary/aromatic N) is 1. The molecule has 5 nitrogen and oxygen atoms in total. The van der Waals surface area contributed by atoms with E-state index in [-0.39, 0.29) is 12.5 Å². The first kappa shape index (κ1) is 15.2. The predicted octanol–water partition coefficient (Wildman–Crippen LogP) is 2.82. The summed E-state index contributed by atoms with van der Waals surface area (Å²) in [6, 6.07) is 9.28. The van der Waals surface area contributed by atoms with Gasteiger partial charge in [0.15, 0.2) is 0 Å². The lowest BCUT2D eigenvalue weighted by Crippen LogP contribution is -2.47. The van der Waals surface area contributed by atoms with Gasteiger partial charge in [-0.2, -0.15) is 0 Å². The Bertz CT molecular complexity index is 792. The van der Waals surface area contributed by atoms with Gasteiger partial charge in [-0.3, -0.25) is 9.69 Å². The smallest absolute Gasteiger partial charge is 0.348 e. The van der Waals surface area contributed by atoms with Gasteiger partial charge in [0, 0.05) is 4.88 Å². The molecule has 2 heterocycles. The highest BCUT2D eigenvalue weighted by Crippen LogP contribution is 2.37. The minimum absolute atomic E-state index is 0.0842. The second-order valence-corrected chi connectivity index (χ2v) is 7.06. The molecular weight excluding hydrogens is 326 g/mol. The van der Waals surface area contributed by atoms with E-state index in [0.717, 1.165) is 17.7 Å². The third-order valence-electron chi connectivity index (χ3n) is 4.44. The van der Waals surface area contributed by atoms with E-state index in [1.54, 1.807) is 22.3 Å². The quantitative estimate of drug-likeness (QED) is 0.787. The molecule has 1 aromatic carbocycles. The fourth-order valence-corrected chi connectivity index (χ4v) is 4.45. The number of methoxy groups -OCH3 is 1. The number of amides is 1. The Labute approximate surface area is 143 Å². The number of carbonyl (C=O) groups is 2. The van der Waals surface area contributed by atoms with Crippen LogP contribution in [0.25, 0.3) is 0 Å². The van der Waals surface area contributed by atoms with E-state index in [2.05, 4.69) is 0 Å². The van der Waals surface area contributed by atoms with Gasteiger partial charge in [-0.05, 0) is 43.0 Å². The zero-order chi connectivity index (χ0) is 16.7. The zero-order valence-electron chi connectivity index (χ0n) is 13.3. The van der Waals surface area contributed by atoms with Crippen molar-refractivity contribution in [1.82, 2.24) is 0 Å². The summed E-state index contributed by atoms with van der Waals surface area (Å²) in [7, 11) is 1.32. The first-order chi connectivity index (χ1) is 11.7. The molecule has 1 aliphatic carbocycles. The fourth-order valence-electron chi connectivity index (χ4n) is 3.25. The van der Waals surface area contributed by atoms with Gasteiger partial charge >= 0.3 is 5.97 Å². The topological polar surface area (TPSA) is 55.8 Å². The summed E-state index contributed by atoms with van der Waals surface area (Å²) >= 11 is 1.57. The van der Waals surface area contributed by atoms with Gasteiger partial charge in [0.1, 0.15) is 5.75 Å². The maximum absolute atomic E-state index is 13.1. The number of aryl methyl sites for hydroxylation is 2. The van der Waals surface area contributed by atoms with E-state index in [1.807, 2.05) is 24.3 Å². The van der Waals surface area contributed by atoms with E-state index in [0.29, 0.717) is 11.4 Å². The Morgan fingerprint density at radius 2 is 2.12 bits per heavy atom. The average Bonchev–Trinajstić information content (AvgIpc) is 3.21. The molecule has 1 aromatic heterocycles. The lowest BCUT2D eigenvalue weighted by atomic mass is 10.1. The Hall–Kier alpha value is -2.34. The van der Waals surface area contributed by atoms with Gasteiger partial charge in [-0.1, -0.05) is 12.1 Å². The number of para-hydroxylation sites is 2. The van der Waals surface area contributed by atoms with Crippen molar-refractivity contribution in [3.63, 3.8) is 0 Å². The number of ether oxygens (including phenoxy) is 2. The number of hydrogen-bond acceptors (Lipinski definition) is 5. The highest BCUT2D eigenvalue weighted by molar-refractivity contribution is 7.14. The molecule has 124 valence electrons. The van der Waals surface area contributed by atoms with Crippen molar-refractivity contribution in [1.29, 1.82) is 0 Å². The summed E-state index contributed by atoms with van der Waals surface area (Å²) in [5.74, 6) is -0.0355. The molecule has 0 fully saturated rings. The first-order valence-corrected chi connectivity index (χ1v) is 8.76. The van der Waals surface area contributed by atoms with Crippen LogP contribution in [-0.4, -0.2) is 31.6 Å². The van der Waals surface area contributed by atoms with Crippen LogP contribution in [0, 0.1) is 0 Å². The SMILES string of the molecule is COC(=O)[C@H]1CN(C(=O)c2cc3c(s2)CCC3)c2ccccc2O1. The number of esters is 1. The molecular formula is C18H17NO4S. The van der Waals surface area contributed by atoms with Crippen LogP contribution in [0.1, 0.15) is 26.5 Å². The maximum Gasteiger partial charge on any atom is 0.348 e. The van der Waals surface area contributed by atoms with E-state index in [4.69, 9.17) is 9.47 Å². The second kappa shape index (κ2) is 5.94. The summed E-state index contributed by atoms with van der Waals surface area (Å²) in [5, 5.41) is 0. The molecule has 0 spiro atoms. The minimum atomic E-state index is -0.805. The average molecular weight is 343 g/mol. The van der Waals surface area contributed by atoms with Gasteiger partial charge < -0.3 is 9.47 Å². The van der Waals surface area contributed by atoms with Gasteiger partial charge in [-0.25, -0.2) is 4.79 Å². The summed E-state index contributed by atoms with van der Waals surface area (Å²) in [6.07, 6.45) is 2.46. The summed E-state index contributed by atoms with van der Waals surface area (Å²) in [4.78, 5) is 28.6. The molecule has 4 rings (SSSR count). The third kappa shape index (κ3) is 2.47. The van der Waals surface area contributed by atoms with E-state index in [1.165, 1.54) is 24.0 Å². The van der Waals surface area contributed by atoms with Crippen molar-refractivity contribution in [3.05, 3.63) is 45.6 Å². The van der Waals surface area contributed by atoms with Crippen LogP contribution in [0.15, 0.2) is 30.3 Å². The Morgan fingerprint density at radius 1 is 1.29 bits per heavy atom. The van der Waals surface area contributed by atoms with Gasteiger partial charge in [-0.15, -0.1) is 11.3 Å². The Balaban J connectivity index is 1.69. The molecule has 1 aliphatic heterocycles. The van der Waals surface area contributed by atoms with Gasteiger partial charge in [0.05, 0.1) is 24.2 Å². The second-order valence-electron chi connectivity index (χ2n) is 5.93. The predicted molar refractivity (Wildman–Crippen MR) is 90.9 cm³/mol. The van der Waals surface area contributed by atoms with Crippen molar-refractivity contribution in [2.75, 3.05) is 18.6 Å². The van der Waals surface area contributed by atoms with Crippen LogP contribution < -0.4 is 9.64 Å². The third-order valence-corrected chi connectivity index (χ3v) is 5.67. The zero-order valence-corrected chi connectivity index (χ0v) is 14.1. The highest BCUT2D eigenvalue weighted by Gasteiger charge is 2.35. The molecule has 0 saturated carbocycles. The number of rotatable bonds is 2. The molecule has 0 unspecified atom stereocenters. The van der Waals surface area contributed by atoms with Crippen LogP contribution in [0.5, 0.6) is 5.75 Å². The maximum atomic E-state index is 13.1.